The van der Waals surface area contributed by atoms with Crippen molar-refractivity contribution in [2.75, 3.05) is 0 Å². The van der Waals surface area contributed by atoms with Crippen molar-refractivity contribution in [1.82, 2.24) is 9.78 Å². The van der Waals surface area contributed by atoms with Crippen LogP contribution < -0.4 is 4.57 Å². The van der Waals surface area contributed by atoms with Crippen molar-refractivity contribution in [2.24, 2.45) is 12.0 Å². The zero-order valence-electron chi connectivity index (χ0n) is 17.7. The molecule has 0 saturated carbocycles. The molecule has 0 amide bonds. The predicted octanol–water partition coefficient (Wildman–Crippen LogP) is 5.41. The van der Waals surface area contributed by atoms with Crippen LogP contribution in [0.5, 0.6) is 0 Å². The minimum atomic E-state index is -4.69. The Balaban J connectivity index is 2.16. The number of nitro groups is 1. The zero-order chi connectivity index (χ0) is 24.2. The molecule has 0 radical (unpaired) electrons. The molecule has 33 heavy (non-hydrogen) atoms. The van der Waals surface area contributed by atoms with Gasteiger partial charge in [-0.15, -0.1) is 5.10 Å². The number of aromatic amines is 1. The number of nitro benzene ring substituents is 1. The van der Waals surface area contributed by atoms with Gasteiger partial charge < -0.3 is 0 Å². The summed E-state index contributed by atoms with van der Waals surface area (Å²) in [7, 11) is 1.74. The SMILES string of the molecule is CCc1cc(Cl)cc2c1-[n+]1c(n(C)[nH]c1=S)C(C)N=C2c1cc(C(F)(F)F)ccc1[N+](=O)[O-]. The highest BCUT2D eigenvalue weighted by molar-refractivity contribution is 7.71. The van der Waals surface area contributed by atoms with Crippen LogP contribution in [0, 0.1) is 14.9 Å². The van der Waals surface area contributed by atoms with Crippen LogP contribution in [0.3, 0.4) is 0 Å². The van der Waals surface area contributed by atoms with Gasteiger partial charge in [0.25, 0.3) is 11.5 Å². The summed E-state index contributed by atoms with van der Waals surface area (Å²) in [5.74, 6) is 0.642. The minimum Gasteiger partial charge on any atom is -0.269 e. The van der Waals surface area contributed by atoms with Gasteiger partial charge in [0.2, 0.25) is 0 Å². The number of fused-ring (bicyclic) bond motifs is 3. The predicted molar refractivity (Wildman–Crippen MR) is 119 cm³/mol. The smallest absolute Gasteiger partial charge is 0.269 e. The first kappa shape index (κ1) is 23.1. The first-order valence-corrected chi connectivity index (χ1v) is 10.7. The summed E-state index contributed by atoms with van der Waals surface area (Å²) in [6.45, 7) is 3.65. The van der Waals surface area contributed by atoms with E-state index < -0.39 is 28.4 Å². The first-order valence-electron chi connectivity index (χ1n) is 9.92. The van der Waals surface area contributed by atoms with E-state index in [0.29, 0.717) is 39.4 Å². The van der Waals surface area contributed by atoms with E-state index in [1.54, 1.807) is 35.4 Å². The van der Waals surface area contributed by atoms with E-state index in [9.17, 15) is 23.3 Å². The molecule has 1 N–H and O–H groups in total. The van der Waals surface area contributed by atoms with Crippen LogP contribution in [-0.2, 0) is 19.6 Å². The molecule has 0 aliphatic carbocycles. The molecular formula is C21H18ClF3N5O2S+. The van der Waals surface area contributed by atoms with Gasteiger partial charge in [-0.1, -0.05) is 18.5 Å². The summed E-state index contributed by atoms with van der Waals surface area (Å²) < 4.78 is 44.4. The van der Waals surface area contributed by atoms with Gasteiger partial charge in [-0.25, -0.2) is 0 Å². The molecule has 0 bridgehead atoms. The maximum absolute atomic E-state index is 13.5. The van der Waals surface area contributed by atoms with Gasteiger partial charge in [-0.3, -0.25) is 15.1 Å². The van der Waals surface area contributed by atoms with Crippen molar-refractivity contribution < 1.29 is 22.7 Å². The number of hydrogen-bond acceptors (Lipinski definition) is 4. The van der Waals surface area contributed by atoms with Crippen LogP contribution in [-0.4, -0.2) is 20.4 Å². The number of aryl methyl sites for hydroxylation is 2. The standard InChI is InChI=1S/C21H17ClF3N5O2S/c1-4-11-7-13(22)9-15-17(14-8-12(21(23,24)25)5-6-16(14)30(31)32)26-10(2)19-28(3)27-20(33)29(19)18(11)15/h5-10H,4H2,1-3H3/p+1. The zero-order valence-corrected chi connectivity index (χ0v) is 19.3. The largest absolute Gasteiger partial charge is 0.416 e. The van der Waals surface area contributed by atoms with Gasteiger partial charge in [0, 0.05) is 16.7 Å². The topological polar surface area (TPSA) is 80.1 Å². The Morgan fingerprint density at radius 2 is 2.00 bits per heavy atom. The number of aliphatic imine (C=N–C) groups is 1. The number of rotatable bonds is 3. The molecule has 1 aromatic heterocycles. The Labute approximate surface area is 196 Å². The lowest BCUT2D eigenvalue weighted by Crippen LogP contribution is -2.38. The molecular weight excluding hydrogens is 479 g/mol. The molecule has 3 aromatic rings. The van der Waals surface area contributed by atoms with Gasteiger partial charge in [0.05, 0.1) is 28.8 Å². The molecule has 1 unspecified atom stereocenters. The molecule has 2 heterocycles. The van der Waals surface area contributed by atoms with E-state index in [4.69, 9.17) is 23.8 Å². The summed E-state index contributed by atoms with van der Waals surface area (Å²) in [5, 5.41) is 15.1. The van der Waals surface area contributed by atoms with Crippen molar-refractivity contribution in [3.8, 4) is 5.69 Å². The second-order valence-electron chi connectivity index (χ2n) is 7.62. The van der Waals surface area contributed by atoms with Crippen LogP contribution >= 0.6 is 23.8 Å². The second-order valence-corrected chi connectivity index (χ2v) is 8.45. The Morgan fingerprint density at radius 3 is 2.61 bits per heavy atom. The Hall–Kier alpha value is -3.05. The van der Waals surface area contributed by atoms with E-state index in [1.807, 2.05) is 6.92 Å². The number of hydrogen-bond donors (Lipinski definition) is 1. The maximum atomic E-state index is 13.5. The molecule has 1 aliphatic heterocycles. The first-order chi connectivity index (χ1) is 15.4. The summed E-state index contributed by atoms with van der Waals surface area (Å²) in [4.78, 5) is 15.7. The second kappa shape index (κ2) is 8.07. The molecule has 7 nitrogen and oxygen atoms in total. The van der Waals surface area contributed by atoms with Crippen molar-refractivity contribution in [3.05, 3.63) is 78.3 Å². The lowest BCUT2D eigenvalue weighted by molar-refractivity contribution is -0.613. The summed E-state index contributed by atoms with van der Waals surface area (Å²) in [6.07, 6.45) is -4.15. The quantitative estimate of drug-likeness (QED) is 0.228. The molecule has 12 heteroatoms. The van der Waals surface area contributed by atoms with Gasteiger partial charge >= 0.3 is 10.9 Å². The van der Waals surface area contributed by atoms with E-state index in [-0.39, 0.29) is 11.3 Å². The Bertz CT molecular complexity index is 1390. The average molecular weight is 497 g/mol. The van der Waals surface area contributed by atoms with E-state index >= 15 is 0 Å². The summed E-state index contributed by atoms with van der Waals surface area (Å²) in [6, 6.07) is 5.01. The van der Waals surface area contributed by atoms with Crippen LogP contribution in [0.1, 0.15) is 48.0 Å². The maximum Gasteiger partial charge on any atom is 0.416 e. The van der Waals surface area contributed by atoms with Gasteiger partial charge in [-0.2, -0.15) is 22.4 Å². The van der Waals surface area contributed by atoms with Crippen LogP contribution in [0.4, 0.5) is 18.9 Å². The molecule has 1 atom stereocenters. The summed E-state index contributed by atoms with van der Waals surface area (Å²) in [5.41, 5.74) is 0.0205. The fraction of sp³-hybridized carbons (Fsp3) is 0.286. The summed E-state index contributed by atoms with van der Waals surface area (Å²) >= 11 is 11.9. The lowest BCUT2D eigenvalue weighted by Gasteiger charge is -2.15. The minimum absolute atomic E-state index is 0.0469. The molecule has 0 fully saturated rings. The average Bonchev–Trinajstić information content (AvgIpc) is 2.95. The third kappa shape index (κ3) is 3.84. The normalized spacial score (nSPS) is 15.5. The van der Waals surface area contributed by atoms with Crippen molar-refractivity contribution in [2.45, 2.75) is 32.5 Å². The molecule has 4 rings (SSSR count). The molecule has 0 saturated heterocycles. The van der Waals surface area contributed by atoms with Gasteiger partial charge in [-0.05, 0) is 55.4 Å². The highest BCUT2D eigenvalue weighted by Crippen LogP contribution is 2.37. The molecule has 172 valence electrons. The lowest BCUT2D eigenvalue weighted by atomic mass is 9.94. The Morgan fingerprint density at radius 1 is 1.30 bits per heavy atom. The van der Waals surface area contributed by atoms with Crippen LogP contribution in [0.25, 0.3) is 5.69 Å². The number of nitrogens with one attached hydrogen (secondary N) is 1. The van der Waals surface area contributed by atoms with E-state index in [2.05, 4.69) is 10.1 Å². The third-order valence-electron chi connectivity index (χ3n) is 5.52. The number of halogens is 4. The fourth-order valence-electron chi connectivity index (χ4n) is 4.15. The van der Waals surface area contributed by atoms with Crippen LogP contribution in [0.15, 0.2) is 35.3 Å². The van der Waals surface area contributed by atoms with Crippen molar-refractivity contribution in [1.29, 1.82) is 0 Å². The molecule has 0 spiro atoms. The number of aromatic nitrogens is 3. The van der Waals surface area contributed by atoms with Crippen molar-refractivity contribution >= 4 is 35.2 Å². The van der Waals surface area contributed by atoms with E-state index in [1.165, 1.54) is 0 Å². The highest BCUT2D eigenvalue weighted by Gasteiger charge is 2.37. The van der Waals surface area contributed by atoms with Crippen LogP contribution in [0.2, 0.25) is 5.02 Å². The number of H-pyrrole nitrogens is 1. The third-order valence-corrected chi connectivity index (χ3v) is 6.02. The monoisotopic (exact) mass is 496 g/mol. The number of nitrogens with zero attached hydrogens (tertiary/aromatic N) is 4. The molecule has 1 aliphatic rings. The van der Waals surface area contributed by atoms with E-state index in [0.717, 1.165) is 17.7 Å². The van der Waals surface area contributed by atoms with Crippen molar-refractivity contribution in [3.63, 3.8) is 0 Å². The highest BCUT2D eigenvalue weighted by atomic mass is 35.5. The Kier molecular flexibility index (Phi) is 5.65. The van der Waals surface area contributed by atoms with Gasteiger partial charge in [0.15, 0.2) is 0 Å². The fourth-order valence-corrected chi connectivity index (χ4v) is 4.72. The molecule has 2 aromatic carbocycles. The number of alkyl halides is 3. The van der Waals surface area contributed by atoms with Gasteiger partial charge in [0.1, 0.15) is 11.7 Å². The number of benzene rings is 2.